The molecule has 1 amide bonds. The van der Waals surface area contributed by atoms with Crippen LogP contribution in [0.3, 0.4) is 0 Å². The average Bonchev–Trinajstić information content (AvgIpc) is 3.38. The summed E-state index contributed by atoms with van der Waals surface area (Å²) < 4.78 is 2.08. The first-order valence-electron chi connectivity index (χ1n) is 9.59. The first-order valence-corrected chi connectivity index (χ1v) is 9.59. The maximum absolute atomic E-state index is 13.4. The third-order valence-corrected chi connectivity index (χ3v) is 5.34. The SMILES string of the molecule is Cc1cccc(-c2[nH]ncc2C(=O)N2CCCC[C@H]2CCn2ccnc2)c1. The molecule has 4 rings (SSSR count). The minimum atomic E-state index is 0.0792. The van der Waals surface area contributed by atoms with Crippen molar-refractivity contribution in [2.75, 3.05) is 6.54 Å². The largest absolute Gasteiger partial charge is 0.337 e. The van der Waals surface area contributed by atoms with Gasteiger partial charge >= 0.3 is 0 Å². The molecule has 6 nitrogen and oxygen atoms in total. The van der Waals surface area contributed by atoms with Gasteiger partial charge in [0.2, 0.25) is 0 Å². The molecule has 140 valence electrons. The molecular formula is C21H25N5O. The Morgan fingerprint density at radius 3 is 3.07 bits per heavy atom. The van der Waals surface area contributed by atoms with Gasteiger partial charge in [0.1, 0.15) is 0 Å². The van der Waals surface area contributed by atoms with Crippen molar-refractivity contribution in [2.24, 2.45) is 0 Å². The Morgan fingerprint density at radius 2 is 2.26 bits per heavy atom. The number of amides is 1. The van der Waals surface area contributed by atoms with E-state index in [-0.39, 0.29) is 11.9 Å². The number of aromatic amines is 1. The van der Waals surface area contributed by atoms with Crippen LogP contribution in [0.5, 0.6) is 0 Å². The predicted molar refractivity (Wildman–Crippen MR) is 104 cm³/mol. The summed E-state index contributed by atoms with van der Waals surface area (Å²) in [5.41, 5.74) is 3.64. The van der Waals surface area contributed by atoms with Gasteiger partial charge in [-0.1, -0.05) is 23.8 Å². The zero-order valence-electron chi connectivity index (χ0n) is 15.6. The number of aromatic nitrogens is 4. The molecule has 3 aromatic rings. The molecular weight excluding hydrogens is 338 g/mol. The van der Waals surface area contributed by atoms with E-state index in [0.717, 1.165) is 49.2 Å². The van der Waals surface area contributed by atoms with Crippen LogP contribution >= 0.6 is 0 Å². The van der Waals surface area contributed by atoms with Crippen LogP contribution in [0.15, 0.2) is 49.2 Å². The van der Waals surface area contributed by atoms with E-state index in [2.05, 4.69) is 38.8 Å². The number of rotatable bonds is 5. The van der Waals surface area contributed by atoms with Gasteiger partial charge in [0.25, 0.3) is 5.91 Å². The minimum absolute atomic E-state index is 0.0792. The number of hydrogen-bond donors (Lipinski definition) is 1. The highest BCUT2D eigenvalue weighted by Gasteiger charge is 2.29. The predicted octanol–water partition coefficient (Wildman–Crippen LogP) is 3.67. The second kappa shape index (κ2) is 7.78. The van der Waals surface area contributed by atoms with Crippen LogP contribution in [0.2, 0.25) is 0 Å². The summed E-state index contributed by atoms with van der Waals surface area (Å²) in [6.07, 6.45) is 11.5. The number of H-pyrrole nitrogens is 1. The van der Waals surface area contributed by atoms with Gasteiger partial charge in [-0.15, -0.1) is 0 Å². The maximum Gasteiger partial charge on any atom is 0.257 e. The van der Waals surface area contributed by atoms with Gasteiger partial charge in [0.15, 0.2) is 0 Å². The normalized spacial score (nSPS) is 17.2. The Kier molecular flexibility index (Phi) is 5.05. The second-order valence-electron chi connectivity index (χ2n) is 7.27. The van der Waals surface area contributed by atoms with Crippen LogP contribution in [-0.4, -0.2) is 43.1 Å². The van der Waals surface area contributed by atoms with Gasteiger partial charge in [-0.2, -0.15) is 5.10 Å². The monoisotopic (exact) mass is 363 g/mol. The molecule has 3 heterocycles. The lowest BCUT2D eigenvalue weighted by molar-refractivity contribution is 0.0596. The summed E-state index contributed by atoms with van der Waals surface area (Å²) in [4.78, 5) is 19.5. The van der Waals surface area contributed by atoms with E-state index in [1.807, 2.05) is 29.6 Å². The fraction of sp³-hybridized carbons (Fsp3) is 0.381. The standard InChI is InChI=1S/C21H25N5O/c1-16-5-4-6-17(13-16)20-19(14-23-24-20)21(27)26-10-3-2-7-18(26)8-11-25-12-9-22-15-25/h4-6,9,12-15,18H,2-3,7-8,10-11H2,1H3,(H,23,24)/t18-/m0/s1. The van der Waals surface area contributed by atoms with E-state index in [0.29, 0.717) is 5.56 Å². The van der Waals surface area contributed by atoms with Crippen LogP contribution in [0, 0.1) is 6.92 Å². The lowest BCUT2D eigenvalue weighted by Gasteiger charge is -2.36. The van der Waals surface area contributed by atoms with E-state index in [1.165, 1.54) is 6.42 Å². The third kappa shape index (κ3) is 3.79. The summed E-state index contributed by atoms with van der Waals surface area (Å²) in [5.74, 6) is 0.0792. The molecule has 1 aromatic carbocycles. The molecule has 0 bridgehead atoms. The molecule has 1 N–H and O–H groups in total. The molecule has 1 aliphatic rings. The van der Waals surface area contributed by atoms with E-state index < -0.39 is 0 Å². The summed E-state index contributed by atoms with van der Waals surface area (Å²) >= 11 is 0. The summed E-state index contributed by atoms with van der Waals surface area (Å²) in [6.45, 7) is 3.74. The van der Waals surface area contributed by atoms with Crippen molar-refractivity contribution in [3.05, 3.63) is 60.3 Å². The van der Waals surface area contributed by atoms with Crippen molar-refractivity contribution < 1.29 is 4.79 Å². The van der Waals surface area contributed by atoms with Gasteiger partial charge in [-0.3, -0.25) is 9.89 Å². The molecule has 0 spiro atoms. The molecule has 0 aliphatic carbocycles. The van der Waals surface area contributed by atoms with Crippen molar-refractivity contribution in [3.8, 4) is 11.3 Å². The smallest absolute Gasteiger partial charge is 0.257 e. The van der Waals surface area contributed by atoms with Crippen molar-refractivity contribution in [1.82, 2.24) is 24.6 Å². The molecule has 6 heteroatoms. The Labute approximate surface area is 159 Å². The fourth-order valence-electron chi connectivity index (χ4n) is 3.91. The highest BCUT2D eigenvalue weighted by molar-refractivity contribution is 6.00. The van der Waals surface area contributed by atoms with Crippen LogP contribution < -0.4 is 0 Å². The Morgan fingerprint density at radius 1 is 1.33 bits per heavy atom. The number of carbonyl (C=O) groups excluding carboxylic acids is 1. The average molecular weight is 363 g/mol. The Bertz CT molecular complexity index is 899. The Hall–Kier alpha value is -2.89. The van der Waals surface area contributed by atoms with E-state index in [9.17, 15) is 4.79 Å². The molecule has 1 saturated heterocycles. The van der Waals surface area contributed by atoms with Gasteiger partial charge in [0.05, 0.1) is 23.8 Å². The number of hydrogen-bond acceptors (Lipinski definition) is 3. The molecule has 0 saturated carbocycles. The zero-order chi connectivity index (χ0) is 18.6. The van der Waals surface area contributed by atoms with Crippen molar-refractivity contribution in [2.45, 2.75) is 45.2 Å². The summed E-state index contributed by atoms with van der Waals surface area (Å²) in [7, 11) is 0. The van der Waals surface area contributed by atoms with Crippen molar-refractivity contribution in [3.63, 3.8) is 0 Å². The second-order valence-corrected chi connectivity index (χ2v) is 7.27. The highest BCUT2D eigenvalue weighted by Crippen LogP contribution is 2.27. The zero-order valence-corrected chi connectivity index (χ0v) is 15.6. The van der Waals surface area contributed by atoms with Crippen LogP contribution in [-0.2, 0) is 6.54 Å². The van der Waals surface area contributed by atoms with Gasteiger partial charge in [-0.05, 0) is 38.7 Å². The van der Waals surface area contributed by atoms with E-state index in [4.69, 9.17) is 0 Å². The molecule has 1 fully saturated rings. The summed E-state index contributed by atoms with van der Waals surface area (Å²) in [6, 6.07) is 8.42. The number of imidazole rings is 1. The van der Waals surface area contributed by atoms with Gasteiger partial charge in [-0.25, -0.2) is 4.98 Å². The van der Waals surface area contributed by atoms with Crippen molar-refractivity contribution >= 4 is 5.91 Å². The van der Waals surface area contributed by atoms with Gasteiger partial charge in [0, 0.05) is 37.1 Å². The molecule has 1 aliphatic heterocycles. The molecule has 27 heavy (non-hydrogen) atoms. The van der Waals surface area contributed by atoms with Crippen molar-refractivity contribution in [1.29, 1.82) is 0 Å². The minimum Gasteiger partial charge on any atom is -0.337 e. The molecule has 2 aromatic heterocycles. The first-order chi connectivity index (χ1) is 13.2. The number of nitrogens with one attached hydrogen (secondary N) is 1. The lowest BCUT2D eigenvalue weighted by atomic mass is 9.97. The number of likely N-dealkylation sites (tertiary alicyclic amines) is 1. The van der Waals surface area contributed by atoms with Gasteiger partial charge < -0.3 is 9.47 Å². The number of benzene rings is 1. The fourth-order valence-corrected chi connectivity index (χ4v) is 3.91. The molecule has 0 radical (unpaired) electrons. The van der Waals surface area contributed by atoms with Crippen LogP contribution in [0.4, 0.5) is 0 Å². The Balaban J connectivity index is 1.55. The lowest BCUT2D eigenvalue weighted by Crippen LogP contribution is -2.44. The van der Waals surface area contributed by atoms with Crippen LogP contribution in [0.25, 0.3) is 11.3 Å². The number of nitrogens with zero attached hydrogens (tertiary/aromatic N) is 4. The third-order valence-electron chi connectivity index (χ3n) is 5.34. The number of piperidine rings is 1. The number of aryl methyl sites for hydroxylation is 2. The number of carbonyl (C=O) groups is 1. The quantitative estimate of drug-likeness (QED) is 0.752. The van der Waals surface area contributed by atoms with Crippen LogP contribution in [0.1, 0.15) is 41.6 Å². The van der Waals surface area contributed by atoms with E-state index in [1.54, 1.807) is 12.4 Å². The van der Waals surface area contributed by atoms with E-state index >= 15 is 0 Å². The maximum atomic E-state index is 13.4. The summed E-state index contributed by atoms with van der Waals surface area (Å²) in [5, 5.41) is 7.20. The highest BCUT2D eigenvalue weighted by atomic mass is 16.2. The molecule has 1 atom stereocenters. The molecule has 0 unspecified atom stereocenters. The first kappa shape index (κ1) is 17.5. The topological polar surface area (TPSA) is 66.8 Å².